The highest BCUT2D eigenvalue weighted by Gasteiger charge is 2.30. The van der Waals surface area contributed by atoms with Crippen molar-refractivity contribution in [1.29, 1.82) is 0 Å². The molecule has 1 aliphatic rings. The molecule has 0 aliphatic heterocycles. The number of anilines is 1. The molecule has 0 amide bonds. The van der Waals surface area contributed by atoms with Crippen LogP contribution in [0.1, 0.15) is 58.2 Å². The third-order valence-electron chi connectivity index (χ3n) is 4.18. The molecule has 2 atom stereocenters. The van der Waals surface area contributed by atoms with E-state index in [1.165, 1.54) is 25.7 Å². The molecule has 0 aromatic carbocycles. The van der Waals surface area contributed by atoms with E-state index in [0.29, 0.717) is 6.04 Å². The molecule has 0 bridgehead atoms. The maximum Gasteiger partial charge on any atom is 0.203 e. The number of aromatic nitrogens is 2. The van der Waals surface area contributed by atoms with Crippen LogP contribution in [0.5, 0.6) is 0 Å². The van der Waals surface area contributed by atoms with Gasteiger partial charge in [0, 0.05) is 18.8 Å². The highest BCUT2D eigenvalue weighted by molar-refractivity contribution is 5.29. The van der Waals surface area contributed by atoms with Crippen LogP contribution in [0.4, 0.5) is 5.95 Å². The van der Waals surface area contributed by atoms with Gasteiger partial charge in [0.15, 0.2) is 0 Å². The molecule has 0 spiro atoms. The molecule has 2 unspecified atom stereocenters. The van der Waals surface area contributed by atoms with Crippen LogP contribution in [0.25, 0.3) is 0 Å². The van der Waals surface area contributed by atoms with Crippen molar-refractivity contribution in [3.8, 4) is 0 Å². The third kappa shape index (κ3) is 2.70. The fourth-order valence-electron chi connectivity index (χ4n) is 3.32. The minimum Gasteiger partial charge on any atom is -0.356 e. The van der Waals surface area contributed by atoms with Crippen molar-refractivity contribution in [2.75, 3.05) is 11.9 Å². The lowest BCUT2D eigenvalue weighted by Gasteiger charge is -2.36. The molecule has 1 aliphatic carbocycles. The van der Waals surface area contributed by atoms with Gasteiger partial charge >= 0.3 is 0 Å². The van der Waals surface area contributed by atoms with Gasteiger partial charge in [0.05, 0.1) is 5.69 Å². The third-order valence-corrected chi connectivity index (χ3v) is 4.18. The molecule has 1 aromatic rings. The van der Waals surface area contributed by atoms with Gasteiger partial charge in [0.25, 0.3) is 0 Å². The Labute approximate surface area is 111 Å². The summed E-state index contributed by atoms with van der Waals surface area (Å²) in [6.45, 7) is 9.88. The first-order valence-corrected chi connectivity index (χ1v) is 7.42. The van der Waals surface area contributed by atoms with Crippen molar-refractivity contribution >= 4 is 5.95 Å². The summed E-state index contributed by atoms with van der Waals surface area (Å²) in [5.41, 5.74) is 1.12. The molecule has 0 saturated heterocycles. The molecule has 1 saturated carbocycles. The lowest BCUT2D eigenvalue weighted by Crippen LogP contribution is -2.27. The number of rotatable bonds is 4. The smallest absolute Gasteiger partial charge is 0.203 e. The summed E-state index contributed by atoms with van der Waals surface area (Å²) in [6, 6.07) is 0.633. The second-order valence-corrected chi connectivity index (χ2v) is 5.90. The normalized spacial score (nSPS) is 24.5. The van der Waals surface area contributed by atoms with E-state index in [9.17, 15) is 0 Å². The second kappa shape index (κ2) is 5.77. The zero-order valence-electron chi connectivity index (χ0n) is 12.2. The molecular formula is C15H27N3. The summed E-state index contributed by atoms with van der Waals surface area (Å²) >= 11 is 0. The Hall–Kier alpha value is -0.990. The van der Waals surface area contributed by atoms with Crippen molar-refractivity contribution < 1.29 is 0 Å². The molecule has 3 nitrogen and oxygen atoms in total. The molecule has 1 fully saturated rings. The first-order chi connectivity index (χ1) is 8.63. The Kier molecular flexibility index (Phi) is 4.31. The summed E-state index contributed by atoms with van der Waals surface area (Å²) in [5.74, 6) is 2.62. The van der Waals surface area contributed by atoms with Crippen molar-refractivity contribution in [3.05, 3.63) is 11.9 Å². The van der Waals surface area contributed by atoms with Crippen LogP contribution in [-0.2, 0) is 0 Å². The van der Waals surface area contributed by atoms with Gasteiger partial charge in [-0.3, -0.25) is 0 Å². The van der Waals surface area contributed by atoms with Gasteiger partial charge in [-0.1, -0.05) is 26.7 Å². The van der Waals surface area contributed by atoms with E-state index < -0.39 is 0 Å². The number of hydrogen-bond acceptors (Lipinski definition) is 2. The first kappa shape index (κ1) is 13.4. The highest BCUT2D eigenvalue weighted by Crippen LogP contribution is 2.39. The molecular weight excluding hydrogens is 222 g/mol. The number of nitrogens with zero attached hydrogens (tertiary/aromatic N) is 2. The highest BCUT2D eigenvalue weighted by atomic mass is 15.2. The molecule has 1 aromatic heterocycles. The van der Waals surface area contributed by atoms with E-state index in [-0.39, 0.29) is 0 Å². The van der Waals surface area contributed by atoms with Crippen LogP contribution in [0.3, 0.4) is 0 Å². The number of aryl methyl sites for hydroxylation is 1. The second-order valence-electron chi connectivity index (χ2n) is 5.90. The molecule has 0 radical (unpaired) electrons. The summed E-state index contributed by atoms with van der Waals surface area (Å²) in [5, 5.41) is 3.41. The molecule has 102 valence electrons. The van der Waals surface area contributed by atoms with Gasteiger partial charge in [-0.05, 0) is 38.5 Å². The van der Waals surface area contributed by atoms with Crippen LogP contribution >= 0.6 is 0 Å². The maximum absolute atomic E-state index is 4.62. The quantitative estimate of drug-likeness (QED) is 0.873. The monoisotopic (exact) mass is 249 g/mol. The van der Waals surface area contributed by atoms with Crippen molar-refractivity contribution in [2.45, 2.75) is 59.4 Å². The molecule has 1 N–H and O–H groups in total. The summed E-state index contributed by atoms with van der Waals surface area (Å²) < 4.78 is 2.41. The van der Waals surface area contributed by atoms with Crippen LogP contribution in [0.2, 0.25) is 0 Å². The standard InChI is InChI=1S/C15H27N3/c1-5-16-15-17-12(4)10-18(15)14-9-7-6-8-13(14)11(2)3/h10-11,13-14H,5-9H2,1-4H3,(H,16,17). The van der Waals surface area contributed by atoms with Crippen LogP contribution in [-0.4, -0.2) is 16.1 Å². The Morgan fingerprint density at radius 1 is 1.39 bits per heavy atom. The molecule has 18 heavy (non-hydrogen) atoms. The topological polar surface area (TPSA) is 29.9 Å². The predicted octanol–water partition coefficient (Wildman–Crippen LogP) is 4.01. The van der Waals surface area contributed by atoms with Crippen LogP contribution in [0, 0.1) is 18.8 Å². The largest absolute Gasteiger partial charge is 0.356 e. The van der Waals surface area contributed by atoms with Gasteiger partial charge in [-0.15, -0.1) is 0 Å². The van der Waals surface area contributed by atoms with Crippen molar-refractivity contribution in [2.24, 2.45) is 11.8 Å². The number of nitrogens with one attached hydrogen (secondary N) is 1. The van der Waals surface area contributed by atoms with Gasteiger partial charge in [-0.25, -0.2) is 4.98 Å². The van der Waals surface area contributed by atoms with Gasteiger partial charge < -0.3 is 9.88 Å². The van der Waals surface area contributed by atoms with E-state index in [4.69, 9.17) is 0 Å². The van der Waals surface area contributed by atoms with E-state index >= 15 is 0 Å². The Morgan fingerprint density at radius 2 is 2.11 bits per heavy atom. The predicted molar refractivity (Wildman–Crippen MR) is 77.0 cm³/mol. The van der Waals surface area contributed by atoms with Gasteiger partial charge in [-0.2, -0.15) is 0 Å². The maximum atomic E-state index is 4.62. The zero-order chi connectivity index (χ0) is 13.1. The number of imidazole rings is 1. The zero-order valence-corrected chi connectivity index (χ0v) is 12.2. The summed E-state index contributed by atoms with van der Waals surface area (Å²) in [6.07, 6.45) is 7.64. The van der Waals surface area contributed by atoms with Gasteiger partial charge in [0.1, 0.15) is 0 Å². The van der Waals surface area contributed by atoms with E-state index in [2.05, 4.69) is 48.8 Å². The Bertz CT molecular complexity index is 381. The average molecular weight is 249 g/mol. The molecule has 3 heteroatoms. The fourth-order valence-corrected chi connectivity index (χ4v) is 3.32. The SMILES string of the molecule is CCNc1nc(C)cn1C1CCCCC1C(C)C. The van der Waals surface area contributed by atoms with Crippen LogP contribution < -0.4 is 5.32 Å². The van der Waals surface area contributed by atoms with Crippen molar-refractivity contribution in [3.63, 3.8) is 0 Å². The van der Waals surface area contributed by atoms with E-state index in [1.54, 1.807) is 0 Å². The fraction of sp³-hybridized carbons (Fsp3) is 0.800. The van der Waals surface area contributed by atoms with Crippen molar-refractivity contribution in [1.82, 2.24) is 9.55 Å². The lowest BCUT2D eigenvalue weighted by atomic mass is 9.77. The molecule has 1 heterocycles. The number of hydrogen-bond donors (Lipinski definition) is 1. The first-order valence-electron chi connectivity index (χ1n) is 7.42. The minimum absolute atomic E-state index is 0.633. The van der Waals surface area contributed by atoms with Gasteiger partial charge in [0.2, 0.25) is 5.95 Å². The van der Waals surface area contributed by atoms with E-state index in [1.807, 2.05) is 0 Å². The van der Waals surface area contributed by atoms with E-state index in [0.717, 1.165) is 30.0 Å². The summed E-state index contributed by atoms with van der Waals surface area (Å²) in [4.78, 5) is 4.62. The molecule has 2 rings (SSSR count). The minimum atomic E-state index is 0.633. The summed E-state index contributed by atoms with van der Waals surface area (Å²) in [7, 11) is 0. The van der Waals surface area contributed by atoms with Crippen LogP contribution in [0.15, 0.2) is 6.20 Å². The Balaban J connectivity index is 2.27. The Morgan fingerprint density at radius 3 is 2.78 bits per heavy atom. The average Bonchev–Trinajstić information content (AvgIpc) is 2.71. The lowest BCUT2D eigenvalue weighted by molar-refractivity contribution is 0.186.